The molecule has 2 fully saturated rings. The highest BCUT2D eigenvalue weighted by atomic mass is 19.4. The SMILES string of the molecule is NC1=NC2CCCCC2C1(O)C1CCCC(C(F)(F)F)C1. The fourth-order valence-corrected chi connectivity index (χ4v) is 4.65. The Balaban J connectivity index is 1.82. The van der Waals surface area contributed by atoms with Crippen LogP contribution in [0.4, 0.5) is 13.2 Å². The first-order valence-corrected chi connectivity index (χ1v) is 7.96. The molecular weight excluding hydrogens is 281 g/mol. The van der Waals surface area contributed by atoms with Gasteiger partial charge in [-0.25, -0.2) is 0 Å². The molecule has 1 aliphatic heterocycles. The van der Waals surface area contributed by atoms with Crippen molar-refractivity contribution in [3.8, 4) is 0 Å². The molecule has 3 nitrogen and oxygen atoms in total. The first-order chi connectivity index (χ1) is 9.83. The quantitative estimate of drug-likeness (QED) is 0.782. The third-order valence-electron chi connectivity index (χ3n) is 5.77. The monoisotopic (exact) mass is 304 g/mol. The van der Waals surface area contributed by atoms with E-state index in [-0.39, 0.29) is 30.6 Å². The van der Waals surface area contributed by atoms with Crippen molar-refractivity contribution in [2.75, 3.05) is 0 Å². The number of alkyl halides is 3. The number of nitrogens with two attached hydrogens (primary N) is 1. The van der Waals surface area contributed by atoms with Gasteiger partial charge in [-0.05, 0) is 38.0 Å². The van der Waals surface area contributed by atoms with E-state index >= 15 is 0 Å². The molecule has 21 heavy (non-hydrogen) atoms. The van der Waals surface area contributed by atoms with Gasteiger partial charge in [-0.3, -0.25) is 4.99 Å². The van der Waals surface area contributed by atoms with Crippen molar-refractivity contribution in [1.29, 1.82) is 0 Å². The molecule has 5 unspecified atom stereocenters. The zero-order chi connectivity index (χ0) is 15.3. The van der Waals surface area contributed by atoms with Crippen molar-refractivity contribution >= 4 is 5.84 Å². The maximum absolute atomic E-state index is 13.0. The Bertz CT molecular complexity index is 437. The fourth-order valence-electron chi connectivity index (χ4n) is 4.65. The summed E-state index contributed by atoms with van der Waals surface area (Å²) in [6, 6.07) is 0.00927. The number of amidine groups is 1. The Labute approximate surface area is 122 Å². The summed E-state index contributed by atoms with van der Waals surface area (Å²) in [4.78, 5) is 4.39. The summed E-state index contributed by atoms with van der Waals surface area (Å²) in [6.07, 6.45) is 0.865. The second-order valence-electron chi connectivity index (χ2n) is 6.90. The van der Waals surface area contributed by atoms with Gasteiger partial charge in [0, 0.05) is 5.92 Å². The van der Waals surface area contributed by atoms with Crippen molar-refractivity contribution in [2.24, 2.45) is 28.5 Å². The van der Waals surface area contributed by atoms with Gasteiger partial charge in [-0.1, -0.05) is 19.3 Å². The molecule has 1 heterocycles. The van der Waals surface area contributed by atoms with Gasteiger partial charge in [0.25, 0.3) is 0 Å². The van der Waals surface area contributed by atoms with Gasteiger partial charge in [0.05, 0.1) is 12.0 Å². The molecule has 120 valence electrons. The lowest BCUT2D eigenvalue weighted by Gasteiger charge is -2.44. The first kappa shape index (κ1) is 15.1. The Kier molecular flexibility index (Phi) is 3.71. The predicted molar refractivity (Wildman–Crippen MR) is 73.8 cm³/mol. The van der Waals surface area contributed by atoms with E-state index in [0.29, 0.717) is 12.8 Å². The fraction of sp³-hybridized carbons (Fsp3) is 0.933. The Hall–Kier alpha value is -0.780. The van der Waals surface area contributed by atoms with Crippen LogP contribution in [0.1, 0.15) is 51.4 Å². The van der Waals surface area contributed by atoms with E-state index in [1.807, 2.05) is 0 Å². The Morgan fingerprint density at radius 3 is 2.52 bits per heavy atom. The number of nitrogens with zero attached hydrogens (tertiary/aromatic N) is 1. The van der Waals surface area contributed by atoms with Gasteiger partial charge in [0.2, 0.25) is 0 Å². The topological polar surface area (TPSA) is 58.6 Å². The number of aliphatic imine (C=N–C) groups is 1. The van der Waals surface area contributed by atoms with Crippen LogP contribution in [0.2, 0.25) is 0 Å². The average molecular weight is 304 g/mol. The van der Waals surface area contributed by atoms with Crippen molar-refractivity contribution in [3.05, 3.63) is 0 Å². The highest BCUT2D eigenvalue weighted by Gasteiger charge is 2.57. The second kappa shape index (κ2) is 5.14. The maximum atomic E-state index is 13.0. The molecule has 0 aromatic carbocycles. The summed E-state index contributed by atoms with van der Waals surface area (Å²) in [5.41, 5.74) is 4.67. The first-order valence-electron chi connectivity index (χ1n) is 7.96. The Morgan fingerprint density at radius 2 is 1.81 bits per heavy atom. The average Bonchev–Trinajstić information content (AvgIpc) is 2.71. The molecule has 2 saturated carbocycles. The molecule has 0 radical (unpaired) electrons. The number of aliphatic hydroxyl groups is 1. The van der Waals surface area contributed by atoms with Crippen LogP contribution in [-0.2, 0) is 0 Å². The molecule has 3 rings (SSSR count). The second-order valence-corrected chi connectivity index (χ2v) is 6.90. The van der Waals surface area contributed by atoms with Crippen LogP contribution in [0.15, 0.2) is 4.99 Å². The minimum absolute atomic E-state index is 0.00927. The van der Waals surface area contributed by atoms with Crippen molar-refractivity contribution in [1.82, 2.24) is 0 Å². The van der Waals surface area contributed by atoms with Crippen LogP contribution in [-0.4, -0.2) is 28.8 Å². The van der Waals surface area contributed by atoms with Crippen molar-refractivity contribution in [2.45, 2.75) is 69.2 Å². The van der Waals surface area contributed by atoms with Crippen molar-refractivity contribution in [3.63, 3.8) is 0 Å². The third kappa shape index (κ3) is 2.45. The molecule has 0 aromatic heterocycles. The van der Waals surface area contributed by atoms with E-state index in [2.05, 4.69) is 4.99 Å². The normalized spacial score (nSPS) is 44.3. The number of rotatable bonds is 1. The molecule has 0 aromatic rings. The zero-order valence-corrected chi connectivity index (χ0v) is 12.1. The predicted octanol–water partition coefficient (Wildman–Crippen LogP) is 3.02. The third-order valence-corrected chi connectivity index (χ3v) is 5.77. The van der Waals surface area contributed by atoms with Gasteiger partial charge in [0.15, 0.2) is 0 Å². The standard InChI is InChI=1S/C15H23F3N2O/c16-15(17,18)10-5-3-4-9(8-10)14(21)11-6-1-2-7-12(11)20-13(14)19/h9-12,21H,1-8H2,(H2,19,20). The van der Waals surface area contributed by atoms with Gasteiger partial charge >= 0.3 is 6.18 Å². The summed E-state index contributed by atoms with van der Waals surface area (Å²) < 4.78 is 39.0. The van der Waals surface area contributed by atoms with E-state index in [4.69, 9.17) is 5.73 Å². The van der Waals surface area contributed by atoms with E-state index in [0.717, 1.165) is 25.7 Å². The molecule has 3 aliphatic rings. The maximum Gasteiger partial charge on any atom is 0.391 e. The molecule has 6 heteroatoms. The molecular formula is C15H23F3N2O. The molecule has 0 saturated heterocycles. The highest BCUT2D eigenvalue weighted by molar-refractivity contribution is 5.91. The number of fused-ring (bicyclic) bond motifs is 1. The number of hydrogen-bond donors (Lipinski definition) is 2. The largest absolute Gasteiger partial charge is 0.391 e. The zero-order valence-electron chi connectivity index (χ0n) is 12.1. The van der Waals surface area contributed by atoms with Gasteiger partial charge in [0.1, 0.15) is 11.4 Å². The van der Waals surface area contributed by atoms with Crippen LogP contribution >= 0.6 is 0 Å². The van der Waals surface area contributed by atoms with E-state index in [9.17, 15) is 18.3 Å². The highest BCUT2D eigenvalue weighted by Crippen LogP contribution is 2.50. The lowest BCUT2D eigenvalue weighted by Crippen LogP contribution is -2.55. The van der Waals surface area contributed by atoms with Crippen LogP contribution < -0.4 is 5.73 Å². The van der Waals surface area contributed by atoms with Crippen molar-refractivity contribution < 1.29 is 18.3 Å². The summed E-state index contributed by atoms with van der Waals surface area (Å²) in [5.74, 6) is -1.61. The summed E-state index contributed by atoms with van der Waals surface area (Å²) in [5, 5.41) is 11.1. The minimum atomic E-state index is -4.18. The van der Waals surface area contributed by atoms with Crippen LogP contribution in [0.5, 0.6) is 0 Å². The van der Waals surface area contributed by atoms with Gasteiger partial charge < -0.3 is 10.8 Å². The lowest BCUT2D eigenvalue weighted by molar-refractivity contribution is -0.192. The molecule has 5 atom stereocenters. The molecule has 0 amide bonds. The summed E-state index contributed by atoms with van der Waals surface area (Å²) in [7, 11) is 0. The van der Waals surface area contributed by atoms with Crippen LogP contribution in [0, 0.1) is 17.8 Å². The summed E-state index contributed by atoms with van der Waals surface area (Å²) in [6.45, 7) is 0. The molecule has 2 aliphatic carbocycles. The molecule has 0 spiro atoms. The molecule has 0 bridgehead atoms. The number of halogens is 3. The number of hydrogen-bond acceptors (Lipinski definition) is 3. The smallest absolute Gasteiger partial charge is 0.385 e. The molecule has 3 N–H and O–H groups in total. The van der Waals surface area contributed by atoms with Crippen LogP contribution in [0.25, 0.3) is 0 Å². The van der Waals surface area contributed by atoms with E-state index in [1.165, 1.54) is 0 Å². The summed E-state index contributed by atoms with van der Waals surface area (Å²) >= 11 is 0. The lowest BCUT2D eigenvalue weighted by atomic mass is 9.64. The Morgan fingerprint density at radius 1 is 1.10 bits per heavy atom. The van der Waals surface area contributed by atoms with E-state index in [1.54, 1.807) is 0 Å². The van der Waals surface area contributed by atoms with Gasteiger partial charge in [-0.2, -0.15) is 13.2 Å². The van der Waals surface area contributed by atoms with Gasteiger partial charge in [-0.15, -0.1) is 0 Å². The minimum Gasteiger partial charge on any atom is -0.385 e. The van der Waals surface area contributed by atoms with E-state index < -0.39 is 23.6 Å². The van der Waals surface area contributed by atoms with Crippen LogP contribution in [0.3, 0.4) is 0 Å².